The van der Waals surface area contributed by atoms with E-state index in [-0.39, 0.29) is 36.3 Å². The van der Waals surface area contributed by atoms with Gasteiger partial charge in [-0.25, -0.2) is 4.79 Å². The molecule has 2 atom stereocenters. The van der Waals surface area contributed by atoms with Crippen LogP contribution < -0.4 is 10.1 Å². The molecule has 0 spiro atoms. The number of halogens is 3. The maximum Gasteiger partial charge on any atom is 0.573 e. The minimum absolute atomic E-state index is 0.0494. The highest BCUT2D eigenvalue weighted by molar-refractivity contribution is 5.91. The van der Waals surface area contributed by atoms with Crippen molar-refractivity contribution < 1.29 is 37.1 Å². The fraction of sp³-hybridized carbons (Fsp3) is 0.429. The average molecular weight is 507 g/mol. The summed E-state index contributed by atoms with van der Waals surface area (Å²) in [5.41, 5.74) is 0.987. The number of aromatic nitrogens is 5. The highest BCUT2D eigenvalue weighted by Crippen LogP contribution is 2.45. The second-order valence-electron chi connectivity index (χ2n) is 8.61. The number of ether oxygens (including phenoxy) is 1. The molecule has 2 N–H and O–H groups in total. The van der Waals surface area contributed by atoms with Crippen molar-refractivity contribution in [1.82, 2.24) is 35.4 Å². The summed E-state index contributed by atoms with van der Waals surface area (Å²) in [6, 6.07) is 2.94. The Hall–Kier alpha value is -4.17. The van der Waals surface area contributed by atoms with Gasteiger partial charge in [-0.15, -0.1) is 18.3 Å². The van der Waals surface area contributed by atoms with E-state index in [2.05, 4.69) is 30.5 Å². The number of nitrogens with zero attached hydrogens (tertiary/aromatic N) is 6. The Balaban J connectivity index is 1.30. The molecule has 2 fully saturated rings. The highest BCUT2D eigenvalue weighted by Gasteiger charge is 2.37. The standard InChI is InChI=1S/C21H20F3N7O5/c22-21(23,24)35-14-3-4-15(11-1-2-11)16(8-14)19-27-17(28-36-19)18(32)26-12-7-13(31(9-12)20(33)34)10-30-6-5-25-29-30/h3-6,8,11-13H,1-2,7,9-10H2,(H,26,32)(H,33,34)/t12-,13+/m1/s1. The Morgan fingerprint density at radius 3 is 2.75 bits per heavy atom. The van der Waals surface area contributed by atoms with Gasteiger partial charge in [-0.2, -0.15) is 4.98 Å². The fourth-order valence-corrected chi connectivity index (χ4v) is 4.32. The van der Waals surface area contributed by atoms with E-state index >= 15 is 0 Å². The van der Waals surface area contributed by atoms with Crippen LogP contribution in [0.15, 0.2) is 35.1 Å². The second-order valence-corrected chi connectivity index (χ2v) is 8.61. The molecule has 1 saturated heterocycles. The predicted octanol–water partition coefficient (Wildman–Crippen LogP) is 2.66. The maximum absolute atomic E-state index is 12.8. The number of carbonyl (C=O) groups is 2. The zero-order valence-corrected chi connectivity index (χ0v) is 18.6. The molecule has 190 valence electrons. The smallest absolute Gasteiger partial charge is 0.465 e. The summed E-state index contributed by atoms with van der Waals surface area (Å²) in [5.74, 6) is -1.43. The Kier molecular flexibility index (Phi) is 5.97. The Labute approximate surface area is 201 Å². The van der Waals surface area contributed by atoms with Crippen molar-refractivity contribution in [3.05, 3.63) is 42.0 Å². The first-order chi connectivity index (χ1) is 17.2. The predicted molar refractivity (Wildman–Crippen MR) is 113 cm³/mol. The van der Waals surface area contributed by atoms with Crippen molar-refractivity contribution in [1.29, 1.82) is 0 Å². The number of rotatable bonds is 7. The third kappa shape index (κ3) is 5.23. The molecule has 15 heteroatoms. The van der Waals surface area contributed by atoms with Gasteiger partial charge in [0.2, 0.25) is 0 Å². The molecular formula is C21H20F3N7O5. The van der Waals surface area contributed by atoms with Gasteiger partial charge in [0.15, 0.2) is 0 Å². The lowest BCUT2D eigenvalue weighted by molar-refractivity contribution is -0.274. The molecule has 1 aliphatic heterocycles. The van der Waals surface area contributed by atoms with E-state index in [1.54, 1.807) is 6.20 Å². The Bertz CT molecular complexity index is 1260. The highest BCUT2D eigenvalue weighted by atomic mass is 19.4. The largest absolute Gasteiger partial charge is 0.573 e. The summed E-state index contributed by atoms with van der Waals surface area (Å²) >= 11 is 0. The number of carboxylic acid groups (broad SMARTS) is 1. The first-order valence-corrected chi connectivity index (χ1v) is 11.0. The third-order valence-electron chi connectivity index (χ3n) is 6.00. The SMILES string of the molecule is O=C(N[C@@H]1C[C@@H](Cn2ccnn2)N(C(=O)O)C1)c1noc(-c2cc(OC(F)(F)F)ccc2C2CC2)n1. The first-order valence-electron chi connectivity index (χ1n) is 11.0. The molecular weight excluding hydrogens is 487 g/mol. The maximum atomic E-state index is 12.8. The van der Waals surface area contributed by atoms with E-state index in [4.69, 9.17) is 4.52 Å². The van der Waals surface area contributed by atoms with E-state index in [9.17, 15) is 27.9 Å². The number of hydrogen-bond donors (Lipinski definition) is 2. The number of likely N-dealkylation sites (tertiary alicyclic amines) is 1. The molecule has 1 saturated carbocycles. The molecule has 1 aliphatic carbocycles. The van der Waals surface area contributed by atoms with Crippen molar-refractivity contribution in [2.24, 2.45) is 0 Å². The molecule has 0 bridgehead atoms. The lowest BCUT2D eigenvalue weighted by Crippen LogP contribution is -2.39. The summed E-state index contributed by atoms with van der Waals surface area (Å²) < 4.78 is 48.8. The number of nitrogens with one attached hydrogen (secondary N) is 1. The van der Waals surface area contributed by atoms with Crippen molar-refractivity contribution in [2.45, 2.75) is 50.2 Å². The van der Waals surface area contributed by atoms with E-state index in [1.165, 1.54) is 27.9 Å². The summed E-state index contributed by atoms with van der Waals surface area (Å²) in [5, 5.41) is 23.4. The van der Waals surface area contributed by atoms with Crippen LogP contribution in [-0.4, -0.2) is 72.1 Å². The summed E-state index contributed by atoms with van der Waals surface area (Å²) in [6.07, 6.45) is -0.853. The van der Waals surface area contributed by atoms with E-state index in [0.29, 0.717) is 6.42 Å². The van der Waals surface area contributed by atoms with Crippen LogP contribution in [-0.2, 0) is 6.54 Å². The van der Waals surface area contributed by atoms with Crippen LogP contribution >= 0.6 is 0 Å². The van der Waals surface area contributed by atoms with Gasteiger partial charge < -0.3 is 24.6 Å². The number of carbonyl (C=O) groups excluding carboxylic acids is 1. The molecule has 5 rings (SSSR count). The van der Waals surface area contributed by atoms with Crippen LogP contribution in [0.4, 0.5) is 18.0 Å². The van der Waals surface area contributed by atoms with E-state index < -0.39 is 36.2 Å². The zero-order chi connectivity index (χ0) is 25.4. The summed E-state index contributed by atoms with van der Waals surface area (Å²) in [7, 11) is 0. The summed E-state index contributed by atoms with van der Waals surface area (Å²) in [6.45, 7) is 0.319. The topological polar surface area (TPSA) is 148 Å². The van der Waals surface area contributed by atoms with Gasteiger partial charge in [-0.3, -0.25) is 9.48 Å². The number of amides is 2. The normalized spacial score (nSPS) is 19.9. The second kappa shape index (κ2) is 9.13. The molecule has 2 aliphatic rings. The molecule has 0 radical (unpaired) electrons. The molecule has 3 heterocycles. The molecule has 36 heavy (non-hydrogen) atoms. The van der Waals surface area contributed by atoms with Crippen LogP contribution in [0.25, 0.3) is 11.5 Å². The molecule has 2 aromatic heterocycles. The van der Waals surface area contributed by atoms with Gasteiger partial charge in [0.25, 0.3) is 17.6 Å². The van der Waals surface area contributed by atoms with Crippen molar-refractivity contribution in [3.8, 4) is 17.2 Å². The van der Waals surface area contributed by atoms with Gasteiger partial charge >= 0.3 is 12.5 Å². The van der Waals surface area contributed by atoms with Gasteiger partial charge in [-0.1, -0.05) is 16.4 Å². The molecule has 0 unspecified atom stereocenters. The monoisotopic (exact) mass is 507 g/mol. The van der Waals surface area contributed by atoms with Crippen LogP contribution in [0.1, 0.15) is 41.4 Å². The van der Waals surface area contributed by atoms with Crippen LogP contribution in [0.2, 0.25) is 0 Å². The lowest BCUT2D eigenvalue weighted by Gasteiger charge is -2.20. The molecule has 2 amide bonds. The van der Waals surface area contributed by atoms with Crippen molar-refractivity contribution in [3.63, 3.8) is 0 Å². The van der Waals surface area contributed by atoms with Gasteiger partial charge in [-0.05, 0) is 42.9 Å². The van der Waals surface area contributed by atoms with Crippen LogP contribution in [0.5, 0.6) is 5.75 Å². The van der Waals surface area contributed by atoms with Gasteiger partial charge in [0.05, 0.1) is 18.8 Å². The van der Waals surface area contributed by atoms with Crippen molar-refractivity contribution in [2.75, 3.05) is 6.54 Å². The Morgan fingerprint density at radius 2 is 2.08 bits per heavy atom. The minimum Gasteiger partial charge on any atom is -0.465 e. The van der Waals surface area contributed by atoms with Gasteiger partial charge in [0.1, 0.15) is 5.75 Å². The zero-order valence-electron chi connectivity index (χ0n) is 18.6. The van der Waals surface area contributed by atoms with Crippen LogP contribution in [0, 0.1) is 0 Å². The Morgan fingerprint density at radius 1 is 1.28 bits per heavy atom. The van der Waals surface area contributed by atoms with E-state index in [0.717, 1.165) is 24.5 Å². The van der Waals surface area contributed by atoms with Crippen LogP contribution in [0.3, 0.4) is 0 Å². The third-order valence-corrected chi connectivity index (χ3v) is 6.00. The molecule has 12 nitrogen and oxygen atoms in total. The fourth-order valence-electron chi connectivity index (χ4n) is 4.32. The summed E-state index contributed by atoms with van der Waals surface area (Å²) in [4.78, 5) is 29.7. The number of benzene rings is 1. The molecule has 3 aromatic rings. The van der Waals surface area contributed by atoms with Gasteiger partial charge in [0, 0.05) is 24.3 Å². The first kappa shape index (κ1) is 23.6. The number of hydrogen-bond acceptors (Lipinski definition) is 8. The average Bonchev–Trinajstić information content (AvgIpc) is 3.19. The minimum atomic E-state index is -4.87. The lowest BCUT2D eigenvalue weighted by atomic mass is 10.0. The van der Waals surface area contributed by atoms with Crippen molar-refractivity contribution >= 4 is 12.0 Å². The number of alkyl halides is 3. The quantitative estimate of drug-likeness (QED) is 0.492. The molecule has 1 aromatic carbocycles. The van der Waals surface area contributed by atoms with E-state index in [1.807, 2.05) is 0 Å².